The van der Waals surface area contributed by atoms with E-state index in [0.29, 0.717) is 12.8 Å². The molecule has 0 saturated carbocycles. The van der Waals surface area contributed by atoms with Crippen molar-refractivity contribution < 1.29 is 32.3 Å². The van der Waals surface area contributed by atoms with Crippen molar-refractivity contribution in [1.82, 2.24) is 0 Å². The quantitative estimate of drug-likeness (QED) is 0.572. The highest BCUT2D eigenvalue weighted by molar-refractivity contribution is 7.60. The Labute approximate surface area is 145 Å². The first-order chi connectivity index (χ1) is 11.0. The molecule has 0 radical (unpaired) electrons. The Morgan fingerprint density at radius 2 is 1.46 bits per heavy atom. The average molecular weight is 386 g/mol. The van der Waals surface area contributed by atoms with E-state index in [1.165, 1.54) is 6.92 Å². The maximum Gasteiger partial charge on any atom is 0.363 e. The van der Waals surface area contributed by atoms with Crippen molar-refractivity contribution in [3.8, 4) is 0 Å². The third-order valence-corrected chi connectivity index (χ3v) is 10.9. The molecule has 3 atom stereocenters. The molecule has 0 amide bonds. The number of hydrogen-bond donors (Lipinski definition) is 1. The Kier molecular flexibility index (Phi) is 6.95. The van der Waals surface area contributed by atoms with Gasteiger partial charge in [0.1, 0.15) is 0 Å². The monoisotopic (exact) mass is 386 g/mol. The van der Waals surface area contributed by atoms with Crippen molar-refractivity contribution in [2.24, 2.45) is 5.41 Å². The molecule has 3 unspecified atom stereocenters. The minimum Gasteiger partial charge on any atom is -0.377 e. The molecule has 0 aromatic heterocycles. The van der Waals surface area contributed by atoms with E-state index >= 15 is 0 Å². The van der Waals surface area contributed by atoms with Gasteiger partial charge in [-0.05, 0) is 47.5 Å². The lowest BCUT2D eigenvalue weighted by Crippen LogP contribution is -2.52. The van der Waals surface area contributed by atoms with E-state index in [1.807, 2.05) is 13.8 Å². The fourth-order valence-electron chi connectivity index (χ4n) is 3.95. The zero-order valence-corrected chi connectivity index (χ0v) is 17.6. The van der Waals surface area contributed by atoms with E-state index in [-0.39, 0.29) is 19.8 Å². The topological polar surface area (TPSA) is 91.3 Å². The smallest absolute Gasteiger partial charge is 0.363 e. The summed E-state index contributed by atoms with van der Waals surface area (Å²) in [4.78, 5) is 0. The van der Waals surface area contributed by atoms with Crippen LogP contribution in [0, 0.1) is 5.41 Å². The van der Waals surface area contributed by atoms with Crippen molar-refractivity contribution in [3.63, 3.8) is 0 Å². The highest BCUT2D eigenvalue weighted by atomic mass is 31.2. The van der Waals surface area contributed by atoms with Crippen LogP contribution >= 0.6 is 15.2 Å². The van der Waals surface area contributed by atoms with Gasteiger partial charge in [0.2, 0.25) is 0 Å². The summed E-state index contributed by atoms with van der Waals surface area (Å²) >= 11 is 0. The Morgan fingerprint density at radius 3 is 1.79 bits per heavy atom. The van der Waals surface area contributed by atoms with E-state index in [2.05, 4.69) is 0 Å². The summed E-state index contributed by atoms with van der Waals surface area (Å²) in [6.07, 6.45) is 0.738. The van der Waals surface area contributed by atoms with Crippen LogP contribution in [-0.2, 0) is 27.2 Å². The van der Waals surface area contributed by atoms with Crippen LogP contribution in [0.5, 0.6) is 0 Å². The van der Waals surface area contributed by atoms with Gasteiger partial charge < -0.3 is 18.7 Å². The van der Waals surface area contributed by atoms with E-state index in [9.17, 15) is 14.2 Å². The Morgan fingerprint density at radius 1 is 1.00 bits per heavy atom. The van der Waals surface area contributed by atoms with Crippen LogP contribution in [0.2, 0.25) is 0 Å². The Hall–Kier alpha value is 0.260. The van der Waals surface area contributed by atoms with Gasteiger partial charge in [-0.1, -0.05) is 13.8 Å². The van der Waals surface area contributed by atoms with Crippen molar-refractivity contribution >= 4 is 15.2 Å². The van der Waals surface area contributed by atoms with Gasteiger partial charge in [-0.2, -0.15) is 0 Å². The minimum absolute atomic E-state index is 0.0978. The van der Waals surface area contributed by atoms with Gasteiger partial charge in [0.05, 0.1) is 25.2 Å². The van der Waals surface area contributed by atoms with E-state index in [0.717, 1.165) is 0 Å². The zero-order chi connectivity index (χ0) is 18.9. The molecule has 1 N–H and O–H groups in total. The molecule has 1 aliphatic heterocycles. The fraction of sp³-hybridized carbons (Fsp3) is 1.00. The largest absolute Gasteiger partial charge is 0.377 e. The van der Waals surface area contributed by atoms with Crippen LogP contribution in [0.25, 0.3) is 0 Å². The highest BCUT2D eigenvalue weighted by Gasteiger charge is 2.80. The predicted molar refractivity (Wildman–Crippen MR) is 93.2 cm³/mol. The van der Waals surface area contributed by atoms with Crippen LogP contribution in [0.4, 0.5) is 0 Å². The lowest BCUT2D eigenvalue weighted by atomic mass is 9.72. The van der Waals surface area contributed by atoms with Crippen molar-refractivity contribution in [1.29, 1.82) is 0 Å². The normalized spacial score (nSPS) is 36.2. The first-order valence-corrected chi connectivity index (χ1v) is 11.7. The molecule has 1 aliphatic rings. The van der Waals surface area contributed by atoms with E-state index in [1.54, 1.807) is 27.7 Å². The second-order valence-corrected chi connectivity index (χ2v) is 10.8. The third kappa shape index (κ3) is 2.77. The van der Waals surface area contributed by atoms with Gasteiger partial charge in [-0.3, -0.25) is 13.7 Å². The van der Waals surface area contributed by atoms with Gasteiger partial charge in [0.15, 0.2) is 10.7 Å². The zero-order valence-electron chi connectivity index (χ0n) is 15.8. The van der Waals surface area contributed by atoms with E-state index < -0.39 is 31.3 Å². The molecule has 0 aliphatic carbocycles. The summed E-state index contributed by atoms with van der Waals surface area (Å²) in [6, 6.07) is 0. The second-order valence-electron chi connectivity index (χ2n) is 6.13. The van der Waals surface area contributed by atoms with Crippen LogP contribution < -0.4 is 0 Å². The molecule has 144 valence electrons. The molecule has 0 bridgehead atoms. The first kappa shape index (κ1) is 22.3. The van der Waals surface area contributed by atoms with Crippen LogP contribution in [0.15, 0.2) is 0 Å². The lowest BCUT2D eigenvalue weighted by Gasteiger charge is -2.47. The summed E-state index contributed by atoms with van der Waals surface area (Å²) in [5, 5.41) is 7.83. The molecular formula is C15H32O7P2. The molecule has 1 fully saturated rings. The Bertz CT molecular complexity index is 520. The van der Waals surface area contributed by atoms with Gasteiger partial charge >= 0.3 is 15.2 Å². The summed E-state index contributed by atoms with van der Waals surface area (Å²) in [6.45, 7) is 12.1. The van der Waals surface area contributed by atoms with Gasteiger partial charge in [-0.15, -0.1) is 0 Å². The summed E-state index contributed by atoms with van der Waals surface area (Å²) in [5.41, 5.74) is -1.12. The average Bonchev–Trinajstić information content (AvgIpc) is 2.62. The lowest BCUT2D eigenvalue weighted by molar-refractivity contribution is -0.0631. The molecule has 7 nitrogen and oxygen atoms in total. The van der Waals surface area contributed by atoms with Crippen LogP contribution in [0.3, 0.4) is 0 Å². The molecule has 1 rings (SSSR count). The summed E-state index contributed by atoms with van der Waals surface area (Å²) < 4.78 is 49.1. The molecule has 24 heavy (non-hydrogen) atoms. The minimum atomic E-state index is -3.97. The molecule has 0 aromatic rings. The summed E-state index contributed by atoms with van der Waals surface area (Å²) in [5.74, 6) is 0. The molecule has 0 spiro atoms. The SMILES string of the molecule is CCOP1(=O)OC(C)(P(=O)(OCC)OCC)C(CC)(CC)C1(C)O. The van der Waals surface area contributed by atoms with Crippen molar-refractivity contribution in [3.05, 3.63) is 0 Å². The second kappa shape index (κ2) is 7.48. The summed E-state index contributed by atoms with van der Waals surface area (Å²) in [7, 11) is -7.82. The van der Waals surface area contributed by atoms with Crippen LogP contribution in [0.1, 0.15) is 61.3 Å². The third-order valence-electron chi connectivity index (χ3n) is 5.25. The van der Waals surface area contributed by atoms with Gasteiger partial charge in [0.25, 0.3) is 0 Å². The van der Waals surface area contributed by atoms with Crippen molar-refractivity contribution in [2.45, 2.75) is 72.0 Å². The molecular weight excluding hydrogens is 354 g/mol. The molecule has 9 heteroatoms. The van der Waals surface area contributed by atoms with Gasteiger partial charge in [-0.25, -0.2) is 0 Å². The number of rotatable bonds is 9. The van der Waals surface area contributed by atoms with Crippen molar-refractivity contribution in [2.75, 3.05) is 19.8 Å². The Balaban J connectivity index is 3.70. The van der Waals surface area contributed by atoms with E-state index in [4.69, 9.17) is 18.1 Å². The van der Waals surface area contributed by atoms with Crippen LogP contribution in [-0.4, -0.2) is 35.6 Å². The molecule has 1 saturated heterocycles. The maximum atomic E-state index is 13.6. The standard InChI is InChI=1S/C15H32O7P2/c1-8-15(9-2)13(6,16)23(17,19-10-3)22-14(15,7)24(18,20-11-4)21-12-5/h16H,8-12H2,1-7H3. The van der Waals surface area contributed by atoms with Gasteiger partial charge in [0, 0.05) is 0 Å². The maximum absolute atomic E-state index is 13.6. The number of aliphatic hydroxyl groups is 1. The fourth-order valence-corrected chi connectivity index (χ4v) is 9.58. The molecule has 1 heterocycles. The number of hydrogen-bond acceptors (Lipinski definition) is 7. The highest BCUT2D eigenvalue weighted by Crippen LogP contribution is 2.85. The first-order valence-electron chi connectivity index (χ1n) is 8.58. The molecule has 0 aromatic carbocycles. The predicted octanol–water partition coefficient (Wildman–Crippen LogP) is 4.74.